The Labute approximate surface area is 219 Å². The van der Waals surface area contributed by atoms with Crippen molar-refractivity contribution < 1.29 is 0 Å². The monoisotopic (exact) mass is 575 g/mol. The van der Waals surface area contributed by atoms with Gasteiger partial charge in [-0.1, -0.05) is 84.9 Å². The van der Waals surface area contributed by atoms with Crippen molar-refractivity contribution in [1.29, 1.82) is 0 Å². The maximum atomic E-state index is 3.69. The minimum absolute atomic E-state index is 0.967. The molecular weight excluding hydrogens is 558 g/mol. The lowest BCUT2D eigenvalue weighted by Crippen LogP contribution is -1.86. The Hall–Kier alpha value is -3.40. The van der Waals surface area contributed by atoms with E-state index in [1.54, 1.807) is 0 Å². The van der Waals surface area contributed by atoms with Gasteiger partial charge in [-0.15, -0.1) is 0 Å². The summed E-state index contributed by atoms with van der Waals surface area (Å²) in [6.07, 6.45) is 0. The molecule has 0 fully saturated rings. The van der Waals surface area contributed by atoms with Crippen LogP contribution in [-0.2, 0) is 0 Å². The highest BCUT2D eigenvalue weighted by Gasteiger charge is 2.11. The molecular formula is C32H19Br2N. The summed E-state index contributed by atoms with van der Waals surface area (Å²) >= 11 is 7.27. The van der Waals surface area contributed by atoms with E-state index in [-0.39, 0.29) is 0 Å². The minimum Gasteiger partial charge on any atom is -0.348 e. The first-order valence-corrected chi connectivity index (χ1v) is 13.2. The predicted octanol–water partition coefficient (Wildman–Crippen LogP) is 10.5. The summed E-state index contributed by atoms with van der Waals surface area (Å²) < 4.78 is 2.02. The van der Waals surface area contributed by atoms with Crippen LogP contribution in [0.4, 0.5) is 0 Å². The molecule has 7 rings (SSSR count). The Bertz CT molecular complexity index is 1900. The highest BCUT2D eigenvalue weighted by molar-refractivity contribution is 9.13. The van der Waals surface area contributed by atoms with Gasteiger partial charge < -0.3 is 4.98 Å². The first-order valence-electron chi connectivity index (χ1n) is 11.6. The lowest BCUT2D eigenvalue weighted by molar-refractivity contribution is 1.40. The van der Waals surface area contributed by atoms with Gasteiger partial charge in [-0.05, 0) is 111 Å². The van der Waals surface area contributed by atoms with E-state index in [2.05, 4.69) is 146 Å². The second-order valence-corrected chi connectivity index (χ2v) is 10.5. The van der Waals surface area contributed by atoms with Crippen molar-refractivity contribution in [3.63, 3.8) is 0 Å². The summed E-state index contributed by atoms with van der Waals surface area (Å²) in [6.45, 7) is 0. The largest absolute Gasteiger partial charge is 0.348 e. The molecule has 1 aromatic heterocycles. The number of hydrogen-bond donors (Lipinski definition) is 1. The van der Waals surface area contributed by atoms with Crippen molar-refractivity contribution in [3.05, 3.63) is 118 Å². The summed E-state index contributed by atoms with van der Waals surface area (Å²) in [5, 5.41) is 8.98. The Balaban J connectivity index is 1.42. The summed E-state index contributed by atoms with van der Waals surface area (Å²) in [5.74, 6) is 0. The molecule has 0 saturated heterocycles. The molecule has 0 spiro atoms. The predicted molar refractivity (Wildman–Crippen MR) is 157 cm³/mol. The van der Waals surface area contributed by atoms with Gasteiger partial charge in [0.15, 0.2) is 0 Å². The fourth-order valence-electron chi connectivity index (χ4n) is 5.27. The number of H-pyrrole nitrogens is 1. The van der Waals surface area contributed by atoms with Gasteiger partial charge in [-0.3, -0.25) is 0 Å². The van der Waals surface area contributed by atoms with Gasteiger partial charge in [0.1, 0.15) is 0 Å². The molecule has 0 amide bonds. The average molecular weight is 577 g/mol. The maximum Gasteiger partial charge on any atom is 0.0975 e. The third-order valence-electron chi connectivity index (χ3n) is 6.97. The molecule has 0 bridgehead atoms. The molecule has 6 aromatic carbocycles. The van der Waals surface area contributed by atoms with Crippen molar-refractivity contribution in [1.82, 2.24) is 4.98 Å². The van der Waals surface area contributed by atoms with E-state index < -0.39 is 0 Å². The zero-order valence-electron chi connectivity index (χ0n) is 18.6. The van der Waals surface area contributed by atoms with E-state index in [0.717, 1.165) is 14.6 Å². The molecule has 35 heavy (non-hydrogen) atoms. The molecule has 3 heteroatoms. The van der Waals surface area contributed by atoms with Gasteiger partial charge in [0.05, 0.1) is 9.08 Å². The number of benzene rings is 6. The first kappa shape index (κ1) is 20.9. The fourth-order valence-corrected chi connectivity index (χ4v) is 6.13. The van der Waals surface area contributed by atoms with Crippen LogP contribution in [-0.4, -0.2) is 4.98 Å². The number of fused-ring (bicyclic) bond motifs is 7. The zero-order chi connectivity index (χ0) is 23.5. The van der Waals surface area contributed by atoms with E-state index in [1.807, 2.05) is 0 Å². The van der Waals surface area contributed by atoms with E-state index in [1.165, 1.54) is 60.0 Å². The summed E-state index contributed by atoms with van der Waals surface area (Å²) in [5.41, 5.74) is 5.96. The molecule has 0 aliphatic heterocycles. The Morgan fingerprint density at radius 2 is 0.886 bits per heavy atom. The van der Waals surface area contributed by atoms with Gasteiger partial charge >= 0.3 is 0 Å². The standard InChI is InChI=1S/C32H19Br2N/c33-31-29-18-22(13-15-30(29)35-32(31)34)20-7-5-6-19(16-20)21-12-14-27-25-10-2-1-8-23(25)24-9-3-4-11-26(24)28(27)17-21/h1-18,35H. The molecule has 1 N–H and O–H groups in total. The van der Waals surface area contributed by atoms with Crippen LogP contribution in [0.25, 0.3) is 65.5 Å². The van der Waals surface area contributed by atoms with Gasteiger partial charge in [0.2, 0.25) is 0 Å². The van der Waals surface area contributed by atoms with Crippen LogP contribution in [0.15, 0.2) is 118 Å². The fraction of sp³-hybridized carbons (Fsp3) is 0. The number of halogens is 2. The first-order chi connectivity index (χ1) is 17.2. The Morgan fingerprint density at radius 1 is 0.400 bits per heavy atom. The van der Waals surface area contributed by atoms with E-state index >= 15 is 0 Å². The molecule has 7 aromatic rings. The quantitative estimate of drug-likeness (QED) is 0.197. The van der Waals surface area contributed by atoms with E-state index in [9.17, 15) is 0 Å². The third kappa shape index (κ3) is 3.34. The molecule has 166 valence electrons. The topological polar surface area (TPSA) is 15.8 Å². The van der Waals surface area contributed by atoms with Crippen LogP contribution in [0.5, 0.6) is 0 Å². The van der Waals surface area contributed by atoms with E-state index in [4.69, 9.17) is 0 Å². The van der Waals surface area contributed by atoms with Crippen LogP contribution in [0.1, 0.15) is 0 Å². The molecule has 0 aliphatic carbocycles. The van der Waals surface area contributed by atoms with Crippen LogP contribution < -0.4 is 0 Å². The molecule has 1 heterocycles. The normalized spacial score (nSPS) is 11.7. The second-order valence-electron chi connectivity index (χ2n) is 8.95. The van der Waals surface area contributed by atoms with Crippen molar-refractivity contribution >= 4 is 75.1 Å². The number of aromatic amines is 1. The third-order valence-corrected chi connectivity index (χ3v) is 8.92. The zero-order valence-corrected chi connectivity index (χ0v) is 21.8. The highest BCUT2D eigenvalue weighted by atomic mass is 79.9. The van der Waals surface area contributed by atoms with Gasteiger partial charge in [-0.25, -0.2) is 0 Å². The summed E-state index contributed by atoms with van der Waals surface area (Å²) in [4.78, 5) is 3.36. The maximum absolute atomic E-state index is 3.69. The number of nitrogens with one attached hydrogen (secondary N) is 1. The van der Waals surface area contributed by atoms with Gasteiger partial charge in [0, 0.05) is 10.9 Å². The number of hydrogen-bond acceptors (Lipinski definition) is 0. The molecule has 0 aliphatic rings. The van der Waals surface area contributed by atoms with Crippen molar-refractivity contribution in [3.8, 4) is 22.3 Å². The van der Waals surface area contributed by atoms with Crippen LogP contribution >= 0.6 is 31.9 Å². The lowest BCUT2D eigenvalue weighted by Gasteiger charge is -2.12. The van der Waals surface area contributed by atoms with Crippen molar-refractivity contribution in [2.45, 2.75) is 0 Å². The van der Waals surface area contributed by atoms with Crippen LogP contribution in [0.3, 0.4) is 0 Å². The number of rotatable bonds is 2. The van der Waals surface area contributed by atoms with Crippen LogP contribution in [0.2, 0.25) is 0 Å². The van der Waals surface area contributed by atoms with Gasteiger partial charge in [-0.2, -0.15) is 0 Å². The van der Waals surface area contributed by atoms with E-state index in [0.29, 0.717) is 0 Å². The molecule has 0 saturated carbocycles. The SMILES string of the molecule is Brc1[nH]c2ccc(-c3cccc(-c4ccc5c6ccccc6c6ccccc6c5c4)c3)cc2c1Br. The number of aromatic nitrogens is 1. The Kier molecular flexibility index (Phi) is 4.83. The molecule has 0 radical (unpaired) electrons. The minimum atomic E-state index is 0.967. The molecule has 0 atom stereocenters. The lowest BCUT2D eigenvalue weighted by atomic mass is 9.91. The highest BCUT2D eigenvalue weighted by Crippen LogP contribution is 2.38. The molecule has 0 unspecified atom stereocenters. The smallest absolute Gasteiger partial charge is 0.0975 e. The van der Waals surface area contributed by atoms with Crippen LogP contribution in [0, 0.1) is 0 Å². The van der Waals surface area contributed by atoms with Crippen molar-refractivity contribution in [2.24, 2.45) is 0 Å². The summed E-state index contributed by atoms with van der Waals surface area (Å²) in [7, 11) is 0. The summed E-state index contributed by atoms with van der Waals surface area (Å²) in [6, 6.07) is 39.7. The molecule has 1 nitrogen and oxygen atoms in total. The van der Waals surface area contributed by atoms with Crippen molar-refractivity contribution in [2.75, 3.05) is 0 Å². The van der Waals surface area contributed by atoms with Gasteiger partial charge in [0.25, 0.3) is 0 Å². The Morgan fingerprint density at radius 3 is 1.51 bits per heavy atom. The average Bonchev–Trinajstić information content (AvgIpc) is 3.21. The second kappa shape index (κ2) is 8.08.